The molecule has 2 rings (SSSR count). The van der Waals surface area contributed by atoms with Crippen LogP contribution in [0.15, 0.2) is 53.5 Å². The van der Waals surface area contributed by atoms with E-state index in [1.807, 2.05) is 30.3 Å². The Balaban J connectivity index is 1.99. The van der Waals surface area contributed by atoms with Crippen molar-refractivity contribution in [2.45, 2.75) is 26.2 Å². The number of hydrogen-bond acceptors (Lipinski definition) is 4. The number of aromatic nitrogens is 1. The molecule has 1 aromatic carbocycles. The van der Waals surface area contributed by atoms with Crippen LogP contribution in [0.25, 0.3) is 0 Å². The van der Waals surface area contributed by atoms with E-state index in [0.29, 0.717) is 6.42 Å². The summed E-state index contributed by atoms with van der Waals surface area (Å²) in [6.07, 6.45) is 2.32. The van der Waals surface area contributed by atoms with Gasteiger partial charge in [-0.05, 0) is 24.1 Å². The third-order valence-corrected chi connectivity index (χ3v) is 3.16. The SMILES string of the molecule is CCC(=O)On1cccc(NC(=O)CCc2ccccc2)c1=O. The van der Waals surface area contributed by atoms with Crippen LogP contribution in [0.4, 0.5) is 5.69 Å². The van der Waals surface area contributed by atoms with Crippen molar-refractivity contribution in [1.82, 2.24) is 4.73 Å². The lowest BCUT2D eigenvalue weighted by atomic mass is 10.1. The number of amides is 1. The highest BCUT2D eigenvalue weighted by atomic mass is 16.7. The minimum Gasteiger partial charge on any atom is -0.333 e. The molecule has 0 aliphatic heterocycles. The Bertz CT molecular complexity index is 738. The van der Waals surface area contributed by atoms with Gasteiger partial charge in [0.1, 0.15) is 5.69 Å². The van der Waals surface area contributed by atoms with Crippen LogP contribution < -0.4 is 15.7 Å². The topological polar surface area (TPSA) is 77.4 Å². The van der Waals surface area contributed by atoms with Crippen molar-refractivity contribution in [3.05, 3.63) is 64.6 Å². The number of pyridine rings is 1. The summed E-state index contributed by atoms with van der Waals surface area (Å²) in [6.45, 7) is 1.63. The molecule has 1 amide bonds. The Labute approximate surface area is 133 Å². The lowest BCUT2D eigenvalue weighted by Crippen LogP contribution is -2.32. The first-order chi connectivity index (χ1) is 11.1. The van der Waals surface area contributed by atoms with Crippen molar-refractivity contribution in [2.75, 3.05) is 5.32 Å². The quantitative estimate of drug-likeness (QED) is 0.882. The number of rotatable bonds is 6. The third kappa shape index (κ3) is 4.81. The lowest BCUT2D eigenvalue weighted by Gasteiger charge is -2.08. The molecule has 0 spiro atoms. The van der Waals surface area contributed by atoms with Gasteiger partial charge in [-0.3, -0.25) is 9.59 Å². The van der Waals surface area contributed by atoms with Gasteiger partial charge in [0, 0.05) is 19.0 Å². The normalized spacial score (nSPS) is 10.1. The summed E-state index contributed by atoms with van der Waals surface area (Å²) in [5.74, 6) is -0.801. The molecule has 0 fully saturated rings. The first-order valence-electron chi connectivity index (χ1n) is 7.36. The van der Waals surface area contributed by atoms with Gasteiger partial charge in [-0.1, -0.05) is 37.3 Å². The highest BCUT2D eigenvalue weighted by molar-refractivity contribution is 5.90. The van der Waals surface area contributed by atoms with Crippen molar-refractivity contribution in [1.29, 1.82) is 0 Å². The first-order valence-corrected chi connectivity index (χ1v) is 7.36. The molecule has 0 saturated heterocycles. The molecule has 120 valence electrons. The Hall–Kier alpha value is -2.89. The number of nitrogens with one attached hydrogen (secondary N) is 1. The maximum atomic E-state index is 12.1. The summed E-state index contributed by atoms with van der Waals surface area (Å²) in [4.78, 5) is 40.2. The maximum absolute atomic E-state index is 12.1. The van der Waals surface area contributed by atoms with Gasteiger partial charge in [0.05, 0.1) is 0 Å². The molecule has 6 heteroatoms. The van der Waals surface area contributed by atoms with Gasteiger partial charge in [0.25, 0.3) is 0 Å². The molecular weight excluding hydrogens is 296 g/mol. The number of carbonyl (C=O) groups is 2. The lowest BCUT2D eigenvalue weighted by molar-refractivity contribution is -0.144. The molecule has 0 aliphatic rings. The second-order valence-corrected chi connectivity index (χ2v) is 4.90. The minimum atomic E-state index is -0.581. The molecule has 0 unspecified atom stereocenters. The van der Waals surface area contributed by atoms with Crippen LogP contribution in [0.5, 0.6) is 0 Å². The standard InChI is InChI=1S/C17H18N2O4/c1-2-16(21)23-19-12-6-9-14(17(19)22)18-15(20)11-10-13-7-4-3-5-8-13/h3-9,12H,2,10-11H2,1H3,(H,18,20). The molecular formula is C17H18N2O4. The third-order valence-electron chi connectivity index (χ3n) is 3.16. The summed E-state index contributed by atoms with van der Waals surface area (Å²) < 4.78 is 0.818. The van der Waals surface area contributed by atoms with E-state index in [4.69, 9.17) is 4.84 Å². The summed E-state index contributed by atoms with van der Waals surface area (Å²) in [7, 11) is 0. The van der Waals surface area contributed by atoms with Gasteiger partial charge >= 0.3 is 11.5 Å². The fraction of sp³-hybridized carbons (Fsp3) is 0.235. The maximum Gasteiger partial charge on any atom is 0.332 e. The number of aryl methyl sites for hydroxylation is 1. The van der Waals surface area contributed by atoms with Gasteiger partial charge in [-0.2, -0.15) is 0 Å². The van der Waals surface area contributed by atoms with E-state index in [1.54, 1.807) is 6.92 Å². The second-order valence-electron chi connectivity index (χ2n) is 4.90. The van der Waals surface area contributed by atoms with E-state index in [2.05, 4.69) is 5.32 Å². The van der Waals surface area contributed by atoms with E-state index in [-0.39, 0.29) is 24.4 Å². The monoisotopic (exact) mass is 314 g/mol. The summed E-state index contributed by atoms with van der Waals surface area (Å²) >= 11 is 0. The van der Waals surface area contributed by atoms with Crippen LogP contribution in [0.3, 0.4) is 0 Å². The number of carbonyl (C=O) groups excluding carboxylic acids is 2. The highest BCUT2D eigenvalue weighted by Gasteiger charge is 2.10. The molecule has 0 saturated carbocycles. The van der Waals surface area contributed by atoms with E-state index >= 15 is 0 Å². The Morgan fingerprint density at radius 3 is 2.57 bits per heavy atom. The van der Waals surface area contributed by atoms with E-state index in [9.17, 15) is 14.4 Å². The predicted octanol–water partition coefficient (Wildman–Crippen LogP) is 1.78. The minimum absolute atomic E-state index is 0.0782. The van der Waals surface area contributed by atoms with Crippen molar-refractivity contribution in [3.63, 3.8) is 0 Å². The smallest absolute Gasteiger partial charge is 0.332 e. The Morgan fingerprint density at radius 2 is 1.87 bits per heavy atom. The summed E-state index contributed by atoms with van der Waals surface area (Å²) in [5.41, 5.74) is 0.543. The van der Waals surface area contributed by atoms with Crippen LogP contribution in [0.2, 0.25) is 0 Å². The van der Waals surface area contributed by atoms with Crippen molar-refractivity contribution in [3.8, 4) is 0 Å². The Kier molecular flexibility index (Phi) is 5.68. The highest BCUT2D eigenvalue weighted by Crippen LogP contribution is 2.05. The second kappa shape index (κ2) is 7.93. The molecule has 6 nitrogen and oxygen atoms in total. The van der Waals surface area contributed by atoms with Gasteiger partial charge in [-0.15, -0.1) is 4.73 Å². The zero-order chi connectivity index (χ0) is 16.7. The van der Waals surface area contributed by atoms with Gasteiger partial charge in [-0.25, -0.2) is 4.79 Å². The van der Waals surface area contributed by atoms with Gasteiger partial charge in [0.15, 0.2) is 0 Å². The van der Waals surface area contributed by atoms with Crippen molar-refractivity contribution in [2.24, 2.45) is 0 Å². The van der Waals surface area contributed by atoms with E-state index in [0.717, 1.165) is 10.3 Å². The van der Waals surface area contributed by atoms with E-state index < -0.39 is 11.5 Å². The van der Waals surface area contributed by atoms with Crippen LogP contribution in [-0.2, 0) is 16.0 Å². The van der Waals surface area contributed by atoms with Crippen molar-refractivity contribution < 1.29 is 14.4 Å². The molecule has 0 bridgehead atoms. The largest absolute Gasteiger partial charge is 0.333 e. The molecule has 1 aromatic heterocycles. The summed E-state index contributed by atoms with van der Waals surface area (Å²) in [6, 6.07) is 12.6. The van der Waals surface area contributed by atoms with Gasteiger partial charge < -0.3 is 10.2 Å². The van der Waals surface area contributed by atoms with Crippen LogP contribution in [0.1, 0.15) is 25.3 Å². The van der Waals surface area contributed by atoms with E-state index in [1.165, 1.54) is 18.3 Å². The zero-order valence-electron chi connectivity index (χ0n) is 12.8. The zero-order valence-corrected chi connectivity index (χ0v) is 12.8. The number of hydrogen-bond donors (Lipinski definition) is 1. The molecule has 1 heterocycles. The van der Waals surface area contributed by atoms with Crippen molar-refractivity contribution >= 4 is 17.6 Å². The predicted molar refractivity (Wildman–Crippen MR) is 86.0 cm³/mol. The summed E-state index contributed by atoms with van der Waals surface area (Å²) in [5, 5.41) is 2.55. The average molecular weight is 314 g/mol. The van der Waals surface area contributed by atoms with Crippen LogP contribution in [0, 0.1) is 0 Å². The average Bonchev–Trinajstić information content (AvgIpc) is 2.57. The fourth-order valence-electron chi connectivity index (χ4n) is 1.93. The number of anilines is 1. The number of nitrogens with zero attached hydrogens (tertiary/aromatic N) is 1. The molecule has 2 aromatic rings. The van der Waals surface area contributed by atoms with Gasteiger partial charge in [0.2, 0.25) is 5.91 Å². The fourth-order valence-corrected chi connectivity index (χ4v) is 1.93. The molecule has 23 heavy (non-hydrogen) atoms. The molecule has 0 atom stereocenters. The Morgan fingerprint density at radius 1 is 1.13 bits per heavy atom. The molecule has 0 radical (unpaired) electrons. The number of benzene rings is 1. The van der Waals surface area contributed by atoms with Crippen LogP contribution in [-0.4, -0.2) is 16.6 Å². The van der Waals surface area contributed by atoms with Crippen LogP contribution >= 0.6 is 0 Å². The molecule has 1 N–H and O–H groups in total. The molecule has 0 aliphatic carbocycles. The first kappa shape index (κ1) is 16.5.